The van der Waals surface area contributed by atoms with Crippen molar-refractivity contribution < 1.29 is 4.74 Å². The maximum atomic E-state index is 5.65. The number of piperidine rings is 1. The van der Waals surface area contributed by atoms with Crippen LogP contribution in [-0.4, -0.2) is 50.3 Å². The van der Waals surface area contributed by atoms with Crippen molar-refractivity contribution in [2.45, 2.75) is 18.6 Å². The SMILES string of the molecule is CN[C@@H]1CCN2CCO[C@H]1C2. The predicted molar refractivity (Wildman–Crippen MR) is 43.6 cm³/mol. The molecule has 2 aliphatic rings. The number of likely N-dealkylation sites (N-methyl/N-ethyl adjacent to an activating group) is 1. The zero-order chi connectivity index (χ0) is 7.68. The minimum atomic E-state index is 0.447. The maximum absolute atomic E-state index is 5.65. The number of ether oxygens (including phenoxy) is 1. The molecule has 2 aliphatic heterocycles. The third-order valence-corrected chi connectivity index (χ3v) is 2.75. The van der Waals surface area contributed by atoms with E-state index in [-0.39, 0.29) is 0 Å². The van der Waals surface area contributed by atoms with Crippen molar-refractivity contribution in [2.24, 2.45) is 0 Å². The van der Waals surface area contributed by atoms with E-state index in [2.05, 4.69) is 10.2 Å². The van der Waals surface area contributed by atoms with Gasteiger partial charge in [-0.05, 0) is 20.0 Å². The normalized spacial score (nSPS) is 43.9. The van der Waals surface area contributed by atoms with Crippen molar-refractivity contribution in [3.8, 4) is 0 Å². The Kier molecular flexibility index (Phi) is 2.11. The van der Waals surface area contributed by atoms with Crippen LogP contribution >= 0.6 is 0 Å². The van der Waals surface area contributed by atoms with Gasteiger partial charge in [-0.1, -0.05) is 0 Å². The largest absolute Gasteiger partial charge is 0.374 e. The second-order valence-corrected chi connectivity index (χ2v) is 3.39. The van der Waals surface area contributed by atoms with Gasteiger partial charge in [-0.15, -0.1) is 0 Å². The van der Waals surface area contributed by atoms with Crippen LogP contribution in [0.5, 0.6) is 0 Å². The van der Waals surface area contributed by atoms with E-state index in [9.17, 15) is 0 Å². The highest BCUT2D eigenvalue weighted by molar-refractivity contribution is 4.87. The van der Waals surface area contributed by atoms with Gasteiger partial charge in [-0.2, -0.15) is 0 Å². The van der Waals surface area contributed by atoms with Crippen LogP contribution in [0.3, 0.4) is 0 Å². The Labute approximate surface area is 67.7 Å². The van der Waals surface area contributed by atoms with Gasteiger partial charge in [0.1, 0.15) is 0 Å². The molecular weight excluding hydrogens is 140 g/mol. The van der Waals surface area contributed by atoms with Crippen LogP contribution in [0.1, 0.15) is 6.42 Å². The Morgan fingerprint density at radius 2 is 2.36 bits per heavy atom. The average Bonchev–Trinajstić information content (AvgIpc) is 2.06. The second kappa shape index (κ2) is 3.09. The summed E-state index contributed by atoms with van der Waals surface area (Å²) in [6.45, 7) is 4.42. The molecule has 0 amide bonds. The van der Waals surface area contributed by atoms with Gasteiger partial charge in [0.25, 0.3) is 0 Å². The molecule has 3 heteroatoms. The molecule has 3 nitrogen and oxygen atoms in total. The molecule has 0 saturated carbocycles. The highest BCUT2D eigenvalue weighted by atomic mass is 16.5. The minimum absolute atomic E-state index is 0.447. The standard InChI is InChI=1S/C8H16N2O/c1-9-7-2-3-10-4-5-11-8(7)6-10/h7-9H,2-6H2,1H3/t7-,8+/m1/s1. The molecule has 0 aliphatic carbocycles. The first-order chi connectivity index (χ1) is 5.40. The van der Waals surface area contributed by atoms with Gasteiger partial charge in [0.15, 0.2) is 0 Å². The molecule has 2 saturated heterocycles. The fourth-order valence-electron chi connectivity index (χ4n) is 2.02. The van der Waals surface area contributed by atoms with E-state index in [0.717, 1.165) is 19.7 Å². The van der Waals surface area contributed by atoms with Gasteiger partial charge in [-0.25, -0.2) is 0 Å². The molecule has 1 unspecified atom stereocenters. The molecule has 2 fully saturated rings. The highest BCUT2D eigenvalue weighted by Crippen LogP contribution is 2.17. The molecule has 64 valence electrons. The first kappa shape index (κ1) is 7.53. The number of nitrogens with one attached hydrogen (secondary N) is 1. The number of morpholine rings is 1. The predicted octanol–water partition coefficient (Wildman–Crippen LogP) is -0.321. The Morgan fingerprint density at radius 1 is 1.45 bits per heavy atom. The molecule has 2 rings (SSSR count). The molecule has 2 heterocycles. The Balaban J connectivity index is 1.97. The smallest absolute Gasteiger partial charge is 0.0855 e. The van der Waals surface area contributed by atoms with Gasteiger partial charge in [-0.3, -0.25) is 4.90 Å². The van der Waals surface area contributed by atoms with Crippen molar-refractivity contribution in [3.63, 3.8) is 0 Å². The van der Waals surface area contributed by atoms with E-state index in [0.29, 0.717) is 12.1 Å². The lowest BCUT2D eigenvalue weighted by Crippen LogP contribution is -2.57. The fraction of sp³-hybridized carbons (Fsp3) is 1.00. The number of rotatable bonds is 1. The van der Waals surface area contributed by atoms with E-state index < -0.39 is 0 Å². The number of hydrogen-bond donors (Lipinski definition) is 1. The lowest BCUT2D eigenvalue weighted by atomic mass is 10.0. The summed E-state index contributed by atoms with van der Waals surface area (Å²) in [6.07, 6.45) is 1.68. The summed E-state index contributed by atoms with van der Waals surface area (Å²) in [6, 6.07) is 0.589. The molecule has 0 aromatic carbocycles. The van der Waals surface area contributed by atoms with Crippen molar-refractivity contribution >= 4 is 0 Å². The summed E-state index contributed by atoms with van der Waals surface area (Å²) in [5.41, 5.74) is 0. The molecule has 11 heavy (non-hydrogen) atoms. The number of hydrogen-bond acceptors (Lipinski definition) is 3. The van der Waals surface area contributed by atoms with Crippen LogP contribution in [0, 0.1) is 0 Å². The van der Waals surface area contributed by atoms with E-state index in [1.54, 1.807) is 0 Å². The summed E-state index contributed by atoms with van der Waals surface area (Å²) < 4.78 is 5.65. The number of nitrogens with zero attached hydrogens (tertiary/aromatic N) is 1. The fourth-order valence-corrected chi connectivity index (χ4v) is 2.02. The van der Waals surface area contributed by atoms with Crippen LogP contribution in [0.4, 0.5) is 0 Å². The zero-order valence-corrected chi connectivity index (χ0v) is 7.05. The monoisotopic (exact) mass is 156 g/mol. The summed E-state index contributed by atoms with van der Waals surface area (Å²) in [7, 11) is 2.03. The third kappa shape index (κ3) is 1.41. The third-order valence-electron chi connectivity index (χ3n) is 2.75. The van der Waals surface area contributed by atoms with Gasteiger partial charge in [0, 0.05) is 19.1 Å². The van der Waals surface area contributed by atoms with Gasteiger partial charge in [0.05, 0.1) is 12.7 Å². The van der Waals surface area contributed by atoms with E-state index in [1.807, 2.05) is 7.05 Å². The van der Waals surface area contributed by atoms with Crippen LogP contribution in [0.2, 0.25) is 0 Å². The van der Waals surface area contributed by atoms with Gasteiger partial charge >= 0.3 is 0 Å². The lowest BCUT2D eigenvalue weighted by Gasteiger charge is -2.42. The quantitative estimate of drug-likeness (QED) is 0.563. The second-order valence-electron chi connectivity index (χ2n) is 3.39. The van der Waals surface area contributed by atoms with Gasteiger partial charge < -0.3 is 10.1 Å². The van der Waals surface area contributed by atoms with E-state index >= 15 is 0 Å². The Morgan fingerprint density at radius 3 is 3.18 bits per heavy atom. The summed E-state index contributed by atoms with van der Waals surface area (Å²) >= 11 is 0. The number of fused-ring (bicyclic) bond motifs is 2. The molecular formula is C8H16N2O. The van der Waals surface area contributed by atoms with Crippen LogP contribution in [-0.2, 0) is 4.74 Å². The Hall–Kier alpha value is -0.120. The molecule has 3 atom stereocenters. The molecule has 0 aromatic rings. The first-order valence-corrected chi connectivity index (χ1v) is 4.41. The summed E-state index contributed by atoms with van der Waals surface area (Å²) in [4.78, 5) is 2.49. The Bertz CT molecular complexity index is 140. The minimum Gasteiger partial charge on any atom is -0.374 e. The van der Waals surface area contributed by atoms with Crippen LogP contribution < -0.4 is 5.32 Å². The zero-order valence-electron chi connectivity index (χ0n) is 7.05. The average molecular weight is 156 g/mol. The molecule has 0 radical (unpaired) electrons. The summed E-state index contributed by atoms with van der Waals surface area (Å²) in [5.74, 6) is 0. The summed E-state index contributed by atoms with van der Waals surface area (Å²) in [5, 5.41) is 3.31. The van der Waals surface area contributed by atoms with Gasteiger partial charge in [0.2, 0.25) is 0 Å². The maximum Gasteiger partial charge on any atom is 0.0855 e. The van der Waals surface area contributed by atoms with Crippen LogP contribution in [0.25, 0.3) is 0 Å². The molecule has 1 N–H and O–H groups in total. The van der Waals surface area contributed by atoms with E-state index in [1.165, 1.54) is 13.0 Å². The molecule has 2 bridgehead atoms. The van der Waals surface area contributed by atoms with Crippen molar-refractivity contribution in [2.75, 3.05) is 33.3 Å². The van der Waals surface area contributed by atoms with Crippen molar-refractivity contribution in [1.82, 2.24) is 10.2 Å². The van der Waals surface area contributed by atoms with Crippen molar-refractivity contribution in [3.05, 3.63) is 0 Å². The topological polar surface area (TPSA) is 24.5 Å². The lowest BCUT2D eigenvalue weighted by molar-refractivity contribution is -0.0706. The highest BCUT2D eigenvalue weighted by Gasteiger charge is 2.31. The van der Waals surface area contributed by atoms with Crippen molar-refractivity contribution in [1.29, 1.82) is 0 Å². The van der Waals surface area contributed by atoms with Crippen LogP contribution in [0.15, 0.2) is 0 Å². The molecule has 0 aromatic heterocycles. The first-order valence-electron chi connectivity index (χ1n) is 4.41. The molecule has 0 spiro atoms. The van der Waals surface area contributed by atoms with E-state index in [4.69, 9.17) is 4.74 Å².